The molecule has 0 amide bonds. The quantitative estimate of drug-likeness (QED) is 0.153. The first-order chi connectivity index (χ1) is 31.7. The molecule has 0 fully saturated rings. The van der Waals surface area contributed by atoms with Crippen LogP contribution in [-0.4, -0.2) is 19.3 Å². The van der Waals surface area contributed by atoms with Crippen LogP contribution in [0, 0.1) is 0 Å². The molecule has 10 aromatic carbocycles. The molecule has 0 aliphatic carbocycles. The predicted octanol–water partition coefficient (Wildman–Crippen LogP) is 15.5. The van der Waals surface area contributed by atoms with E-state index in [0.717, 1.165) is 39.5 Å². The molecular formula is C60H40N4. The monoisotopic (exact) mass is 816 g/mol. The van der Waals surface area contributed by atoms with Gasteiger partial charge in [0.25, 0.3) is 0 Å². The van der Waals surface area contributed by atoms with Gasteiger partial charge in [-0.25, -0.2) is 9.67 Å². The number of nitrogens with zero attached hydrogens (tertiary/aromatic N) is 4. The van der Waals surface area contributed by atoms with Crippen molar-refractivity contribution in [3.8, 4) is 78.7 Å². The van der Waals surface area contributed by atoms with Gasteiger partial charge >= 0.3 is 0 Å². The normalized spacial score (nSPS) is 11.4. The van der Waals surface area contributed by atoms with Crippen molar-refractivity contribution in [3.05, 3.63) is 243 Å². The second-order valence-corrected chi connectivity index (χ2v) is 16.2. The first kappa shape index (κ1) is 37.2. The average Bonchev–Trinajstić information content (AvgIpc) is 3.97. The summed E-state index contributed by atoms with van der Waals surface area (Å²) in [5.74, 6) is 1.50. The molecule has 12 aromatic rings. The Bertz CT molecular complexity index is 3630. The number of para-hydroxylation sites is 1. The van der Waals surface area contributed by atoms with Gasteiger partial charge < -0.3 is 4.57 Å². The minimum atomic E-state index is 0.694. The smallest absolute Gasteiger partial charge is 0.182 e. The third-order valence-electron chi connectivity index (χ3n) is 12.4. The Morgan fingerprint density at radius 2 is 0.797 bits per heavy atom. The first-order valence-corrected chi connectivity index (χ1v) is 21.7. The molecule has 0 atom stereocenters. The average molecular weight is 817 g/mol. The first-order valence-electron chi connectivity index (χ1n) is 21.7. The maximum atomic E-state index is 5.03. The van der Waals surface area contributed by atoms with E-state index in [9.17, 15) is 0 Å². The van der Waals surface area contributed by atoms with Crippen LogP contribution in [0.5, 0.6) is 0 Å². The molecule has 2 heterocycles. The van der Waals surface area contributed by atoms with Gasteiger partial charge in [-0.15, -0.1) is 5.10 Å². The molecule has 12 rings (SSSR count). The van der Waals surface area contributed by atoms with Crippen LogP contribution in [0.4, 0.5) is 0 Å². The molecule has 300 valence electrons. The maximum absolute atomic E-state index is 5.03. The van der Waals surface area contributed by atoms with Crippen molar-refractivity contribution in [1.82, 2.24) is 19.3 Å². The fourth-order valence-electron chi connectivity index (χ4n) is 9.38. The molecule has 0 unspecified atom stereocenters. The third-order valence-corrected chi connectivity index (χ3v) is 12.4. The van der Waals surface area contributed by atoms with Crippen molar-refractivity contribution in [2.24, 2.45) is 0 Å². The highest BCUT2D eigenvalue weighted by molar-refractivity contribution is 6.11. The lowest BCUT2D eigenvalue weighted by Gasteiger charge is -2.16. The van der Waals surface area contributed by atoms with Gasteiger partial charge in [-0.2, -0.15) is 0 Å². The summed E-state index contributed by atoms with van der Waals surface area (Å²) in [6, 6.07) is 86.5. The van der Waals surface area contributed by atoms with E-state index in [1.165, 1.54) is 66.0 Å². The molecule has 0 spiro atoms. The van der Waals surface area contributed by atoms with Gasteiger partial charge in [-0.05, 0) is 97.7 Å². The highest BCUT2D eigenvalue weighted by atomic mass is 15.4. The number of aromatic nitrogens is 4. The third kappa shape index (κ3) is 6.48. The second kappa shape index (κ2) is 15.7. The molecule has 0 N–H and O–H groups in total. The Morgan fingerprint density at radius 1 is 0.297 bits per heavy atom. The molecular weight excluding hydrogens is 777 g/mol. The van der Waals surface area contributed by atoms with Crippen LogP contribution < -0.4 is 0 Å². The van der Waals surface area contributed by atoms with Gasteiger partial charge in [-0.3, -0.25) is 0 Å². The van der Waals surface area contributed by atoms with Crippen molar-refractivity contribution in [2.75, 3.05) is 0 Å². The zero-order chi connectivity index (χ0) is 42.4. The standard InChI is InChI=1S/C60H40N4/c1-3-17-44(18-4-1)59-61-60(45-19-5-2-6-20-45)64(62-59)48-37-32-43(33-38-48)51-23-9-11-25-53(51)54-26-12-10-24-52(54)46-34-39-58-56(40-46)55-27-13-14-29-57(55)63(58)47-35-30-42(31-36-47)50-28-15-21-41-16-7-8-22-49(41)50/h1-40H. The predicted molar refractivity (Wildman–Crippen MR) is 266 cm³/mol. The molecule has 4 heteroatoms. The van der Waals surface area contributed by atoms with Crippen LogP contribution in [0.1, 0.15) is 0 Å². The summed E-state index contributed by atoms with van der Waals surface area (Å²) >= 11 is 0. The molecule has 0 saturated carbocycles. The summed E-state index contributed by atoms with van der Waals surface area (Å²) in [6.07, 6.45) is 0. The van der Waals surface area contributed by atoms with E-state index in [1.54, 1.807) is 0 Å². The van der Waals surface area contributed by atoms with Gasteiger partial charge in [-0.1, -0.05) is 200 Å². The summed E-state index contributed by atoms with van der Waals surface area (Å²) in [7, 11) is 0. The van der Waals surface area contributed by atoms with E-state index in [-0.39, 0.29) is 0 Å². The summed E-state index contributed by atoms with van der Waals surface area (Å²) in [6.45, 7) is 0. The summed E-state index contributed by atoms with van der Waals surface area (Å²) in [4.78, 5) is 5.02. The van der Waals surface area contributed by atoms with Crippen LogP contribution in [0.15, 0.2) is 243 Å². The number of benzene rings is 10. The van der Waals surface area contributed by atoms with Crippen molar-refractivity contribution in [1.29, 1.82) is 0 Å². The van der Waals surface area contributed by atoms with E-state index in [4.69, 9.17) is 10.1 Å². The van der Waals surface area contributed by atoms with Gasteiger partial charge in [0.2, 0.25) is 0 Å². The minimum absolute atomic E-state index is 0.694. The van der Waals surface area contributed by atoms with Gasteiger partial charge in [0.05, 0.1) is 16.7 Å². The van der Waals surface area contributed by atoms with Gasteiger partial charge in [0.15, 0.2) is 11.6 Å². The highest BCUT2D eigenvalue weighted by Crippen LogP contribution is 2.41. The van der Waals surface area contributed by atoms with E-state index in [2.05, 4.69) is 211 Å². The molecule has 0 saturated heterocycles. The van der Waals surface area contributed by atoms with Crippen molar-refractivity contribution in [2.45, 2.75) is 0 Å². The van der Waals surface area contributed by atoms with E-state index >= 15 is 0 Å². The Morgan fingerprint density at radius 3 is 1.52 bits per heavy atom. The van der Waals surface area contributed by atoms with E-state index in [0.29, 0.717) is 5.82 Å². The molecule has 2 aromatic heterocycles. The number of rotatable bonds is 8. The summed E-state index contributed by atoms with van der Waals surface area (Å²) < 4.78 is 4.36. The Labute approximate surface area is 371 Å². The summed E-state index contributed by atoms with van der Waals surface area (Å²) in [5.41, 5.74) is 15.9. The van der Waals surface area contributed by atoms with Crippen molar-refractivity contribution >= 4 is 32.6 Å². The lowest BCUT2D eigenvalue weighted by Crippen LogP contribution is -1.99. The van der Waals surface area contributed by atoms with Crippen molar-refractivity contribution in [3.63, 3.8) is 0 Å². The molecule has 4 nitrogen and oxygen atoms in total. The number of hydrogen-bond donors (Lipinski definition) is 0. The molecule has 0 aliphatic heterocycles. The second-order valence-electron chi connectivity index (χ2n) is 16.2. The fraction of sp³-hybridized carbons (Fsp3) is 0. The van der Waals surface area contributed by atoms with E-state index < -0.39 is 0 Å². The summed E-state index contributed by atoms with van der Waals surface area (Å²) in [5, 5.41) is 10.00. The molecule has 64 heavy (non-hydrogen) atoms. The largest absolute Gasteiger partial charge is 0.309 e. The Hall–Kier alpha value is -8.60. The molecule has 0 radical (unpaired) electrons. The van der Waals surface area contributed by atoms with Crippen LogP contribution in [0.2, 0.25) is 0 Å². The minimum Gasteiger partial charge on any atom is -0.309 e. The van der Waals surface area contributed by atoms with E-state index in [1.807, 2.05) is 41.1 Å². The SMILES string of the molecule is c1ccc(-c2nc(-c3ccccc3)n(-c3ccc(-c4ccccc4-c4ccccc4-c4ccc5c(c4)c4ccccc4n5-c4ccc(-c5cccc6ccccc56)cc4)cc3)n2)cc1. The van der Waals surface area contributed by atoms with Crippen LogP contribution >= 0.6 is 0 Å². The topological polar surface area (TPSA) is 35.6 Å². The molecule has 0 bridgehead atoms. The highest BCUT2D eigenvalue weighted by Gasteiger charge is 2.19. The zero-order valence-electron chi connectivity index (χ0n) is 34.9. The van der Waals surface area contributed by atoms with Crippen LogP contribution in [0.3, 0.4) is 0 Å². The van der Waals surface area contributed by atoms with Crippen LogP contribution in [-0.2, 0) is 0 Å². The van der Waals surface area contributed by atoms with Crippen molar-refractivity contribution < 1.29 is 0 Å². The Kier molecular flexibility index (Phi) is 9.12. The Balaban J connectivity index is 0.913. The zero-order valence-corrected chi connectivity index (χ0v) is 34.9. The van der Waals surface area contributed by atoms with Crippen LogP contribution in [0.25, 0.3) is 111 Å². The van der Waals surface area contributed by atoms with Gasteiger partial charge in [0.1, 0.15) is 0 Å². The molecule has 0 aliphatic rings. The number of fused-ring (bicyclic) bond motifs is 4. The van der Waals surface area contributed by atoms with Gasteiger partial charge in [0, 0.05) is 27.6 Å². The fourth-order valence-corrected chi connectivity index (χ4v) is 9.38. The lowest BCUT2D eigenvalue weighted by atomic mass is 9.89. The lowest BCUT2D eigenvalue weighted by molar-refractivity contribution is 0.891. The number of hydrogen-bond acceptors (Lipinski definition) is 2. The maximum Gasteiger partial charge on any atom is 0.182 e.